The maximum atomic E-state index is 12.8. The normalized spacial score (nSPS) is 13.6. The quantitative estimate of drug-likeness (QED) is 0.355. The summed E-state index contributed by atoms with van der Waals surface area (Å²) in [6.07, 6.45) is 1.52. The zero-order valence-corrected chi connectivity index (χ0v) is 20.9. The number of amides is 2. The number of hydrogen-bond donors (Lipinski definition) is 2. The Morgan fingerprint density at radius 3 is 2.50 bits per heavy atom. The molecule has 36 heavy (non-hydrogen) atoms. The van der Waals surface area contributed by atoms with Crippen molar-refractivity contribution < 1.29 is 9.59 Å². The average molecular weight is 482 g/mol. The third-order valence-electron chi connectivity index (χ3n) is 6.47. The summed E-state index contributed by atoms with van der Waals surface area (Å²) in [4.78, 5) is 36.9. The minimum Gasteiger partial charge on any atom is -0.374 e. The molecule has 2 amide bonds. The number of aromatic amines is 1. The fourth-order valence-corrected chi connectivity index (χ4v) is 4.67. The number of nitrogens with one attached hydrogen (secondary N) is 2. The molecule has 7 heteroatoms. The Kier molecular flexibility index (Phi) is 6.46. The molecule has 0 saturated carbocycles. The van der Waals surface area contributed by atoms with Gasteiger partial charge in [-0.2, -0.15) is 0 Å². The van der Waals surface area contributed by atoms with Crippen molar-refractivity contribution in [2.24, 2.45) is 5.92 Å². The van der Waals surface area contributed by atoms with Crippen LogP contribution in [0.15, 0.2) is 66.7 Å². The highest BCUT2D eigenvalue weighted by atomic mass is 16.2. The minimum atomic E-state index is -0.154. The van der Waals surface area contributed by atoms with E-state index in [2.05, 4.69) is 36.1 Å². The van der Waals surface area contributed by atoms with Gasteiger partial charge in [-0.15, -0.1) is 0 Å². The van der Waals surface area contributed by atoms with Crippen molar-refractivity contribution in [3.63, 3.8) is 0 Å². The molecule has 0 atom stereocenters. The standard InChI is InChI=1S/C29H31N5O2/c1-19(2)18-33(3)23-11-8-21(9-12-23)29(36)30-22-10-15-25-26(17-22)32-28(31-25)20-6-13-24(14-7-20)34-16-4-5-27(34)35/h6-15,17,19H,4-5,16,18H2,1-3H3,(H,30,36)(H,31,32). The highest BCUT2D eigenvalue weighted by Crippen LogP contribution is 2.27. The molecule has 0 aliphatic carbocycles. The lowest BCUT2D eigenvalue weighted by Gasteiger charge is -2.21. The number of aromatic nitrogens is 2. The van der Waals surface area contributed by atoms with Gasteiger partial charge in [-0.05, 0) is 79.1 Å². The molecule has 7 nitrogen and oxygen atoms in total. The lowest BCUT2D eigenvalue weighted by molar-refractivity contribution is -0.117. The summed E-state index contributed by atoms with van der Waals surface area (Å²) in [5.74, 6) is 1.33. The highest BCUT2D eigenvalue weighted by Gasteiger charge is 2.21. The molecule has 1 aromatic heterocycles. The van der Waals surface area contributed by atoms with Crippen LogP contribution < -0.4 is 15.1 Å². The van der Waals surface area contributed by atoms with E-state index >= 15 is 0 Å². The van der Waals surface area contributed by atoms with Crippen LogP contribution in [-0.2, 0) is 4.79 Å². The molecule has 0 bridgehead atoms. The average Bonchev–Trinajstić information content (AvgIpc) is 3.49. The Morgan fingerprint density at radius 2 is 1.83 bits per heavy atom. The van der Waals surface area contributed by atoms with E-state index in [0.717, 1.165) is 53.3 Å². The summed E-state index contributed by atoms with van der Waals surface area (Å²) in [6, 6.07) is 21.2. The second kappa shape index (κ2) is 9.85. The molecule has 1 aliphatic heterocycles. The number of hydrogen-bond acceptors (Lipinski definition) is 4. The Morgan fingerprint density at radius 1 is 1.08 bits per heavy atom. The third kappa shape index (κ3) is 4.96. The number of benzene rings is 3. The second-order valence-corrected chi connectivity index (χ2v) is 9.79. The highest BCUT2D eigenvalue weighted by molar-refractivity contribution is 6.05. The van der Waals surface area contributed by atoms with Crippen LogP contribution in [0.4, 0.5) is 17.1 Å². The largest absolute Gasteiger partial charge is 0.374 e. The number of carbonyl (C=O) groups excluding carboxylic acids is 2. The molecule has 0 spiro atoms. The zero-order valence-electron chi connectivity index (χ0n) is 20.9. The molecule has 2 heterocycles. The molecule has 1 fully saturated rings. The lowest BCUT2D eigenvalue weighted by Crippen LogP contribution is -2.23. The number of imidazole rings is 1. The van der Waals surface area contributed by atoms with Gasteiger partial charge in [0.2, 0.25) is 5.91 Å². The SMILES string of the molecule is CC(C)CN(C)c1ccc(C(=O)Nc2ccc3nc(-c4ccc(N5CCCC5=O)cc4)[nH]c3c2)cc1. The molecular formula is C29H31N5O2. The first-order valence-electron chi connectivity index (χ1n) is 12.4. The Balaban J connectivity index is 1.28. The van der Waals surface area contributed by atoms with Crippen LogP contribution in [-0.4, -0.2) is 41.9 Å². The van der Waals surface area contributed by atoms with E-state index in [1.165, 1.54) is 0 Å². The molecule has 0 radical (unpaired) electrons. The van der Waals surface area contributed by atoms with E-state index in [1.807, 2.05) is 71.6 Å². The summed E-state index contributed by atoms with van der Waals surface area (Å²) in [5.41, 5.74) is 5.92. The Labute approximate surface area is 211 Å². The fourth-order valence-electron chi connectivity index (χ4n) is 4.67. The van der Waals surface area contributed by atoms with Crippen LogP contribution in [0.5, 0.6) is 0 Å². The Hall–Kier alpha value is -4.13. The first-order valence-corrected chi connectivity index (χ1v) is 12.4. The van der Waals surface area contributed by atoms with Gasteiger partial charge in [0.05, 0.1) is 11.0 Å². The monoisotopic (exact) mass is 481 g/mol. The van der Waals surface area contributed by atoms with Gasteiger partial charge in [0.15, 0.2) is 0 Å². The fraction of sp³-hybridized carbons (Fsp3) is 0.276. The topological polar surface area (TPSA) is 81.3 Å². The van der Waals surface area contributed by atoms with Crippen molar-refractivity contribution in [2.75, 3.05) is 35.3 Å². The predicted octanol–water partition coefficient (Wildman–Crippen LogP) is 5.70. The van der Waals surface area contributed by atoms with Crippen molar-refractivity contribution in [3.05, 3.63) is 72.3 Å². The van der Waals surface area contributed by atoms with Crippen LogP contribution in [0.1, 0.15) is 37.0 Å². The number of rotatable bonds is 7. The van der Waals surface area contributed by atoms with Crippen LogP contribution in [0.25, 0.3) is 22.4 Å². The number of fused-ring (bicyclic) bond motifs is 1. The van der Waals surface area contributed by atoms with E-state index < -0.39 is 0 Å². The van der Waals surface area contributed by atoms with Gasteiger partial charge >= 0.3 is 0 Å². The smallest absolute Gasteiger partial charge is 0.255 e. The van der Waals surface area contributed by atoms with E-state index in [0.29, 0.717) is 23.6 Å². The van der Waals surface area contributed by atoms with E-state index in [-0.39, 0.29) is 11.8 Å². The third-order valence-corrected chi connectivity index (χ3v) is 6.47. The molecule has 0 unspecified atom stereocenters. The zero-order chi connectivity index (χ0) is 25.2. The van der Waals surface area contributed by atoms with Crippen molar-refractivity contribution in [2.45, 2.75) is 26.7 Å². The van der Waals surface area contributed by atoms with Gasteiger partial charge in [0.1, 0.15) is 5.82 Å². The van der Waals surface area contributed by atoms with Gasteiger partial charge in [-0.1, -0.05) is 13.8 Å². The van der Waals surface area contributed by atoms with Crippen molar-refractivity contribution in [1.29, 1.82) is 0 Å². The second-order valence-electron chi connectivity index (χ2n) is 9.79. The molecule has 4 aromatic rings. The van der Waals surface area contributed by atoms with Crippen LogP contribution >= 0.6 is 0 Å². The molecule has 5 rings (SSSR count). The van der Waals surface area contributed by atoms with Gasteiger partial charge < -0.3 is 20.1 Å². The molecule has 3 aromatic carbocycles. The molecule has 1 aliphatic rings. The summed E-state index contributed by atoms with van der Waals surface area (Å²) in [6.45, 7) is 6.11. The number of H-pyrrole nitrogens is 1. The van der Waals surface area contributed by atoms with Crippen molar-refractivity contribution in [3.8, 4) is 11.4 Å². The summed E-state index contributed by atoms with van der Waals surface area (Å²) in [7, 11) is 2.06. The van der Waals surface area contributed by atoms with Gasteiger partial charge in [-0.3, -0.25) is 9.59 Å². The van der Waals surface area contributed by atoms with E-state index in [9.17, 15) is 9.59 Å². The summed E-state index contributed by atoms with van der Waals surface area (Å²) >= 11 is 0. The van der Waals surface area contributed by atoms with Crippen LogP contribution in [0, 0.1) is 5.92 Å². The minimum absolute atomic E-state index is 0.154. The van der Waals surface area contributed by atoms with Gasteiger partial charge in [0.25, 0.3) is 5.91 Å². The molecule has 2 N–H and O–H groups in total. The maximum absolute atomic E-state index is 12.8. The van der Waals surface area contributed by atoms with Crippen molar-refractivity contribution >= 4 is 39.9 Å². The van der Waals surface area contributed by atoms with Gasteiger partial charge in [0, 0.05) is 54.7 Å². The van der Waals surface area contributed by atoms with E-state index in [1.54, 1.807) is 0 Å². The van der Waals surface area contributed by atoms with Gasteiger partial charge in [-0.25, -0.2) is 4.98 Å². The summed E-state index contributed by atoms with van der Waals surface area (Å²) < 4.78 is 0. The first-order chi connectivity index (χ1) is 17.4. The van der Waals surface area contributed by atoms with Crippen molar-refractivity contribution in [1.82, 2.24) is 9.97 Å². The van der Waals surface area contributed by atoms with Crippen LogP contribution in [0.3, 0.4) is 0 Å². The number of carbonyl (C=O) groups is 2. The lowest BCUT2D eigenvalue weighted by atomic mass is 10.1. The van der Waals surface area contributed by atoms with Crippen LogP contribution in [0.2, 0.25) is 0 Å². The molecular weight excluding hydrogens is 450 g/mol. The molecule has 184 valence electrons. The summed E-state index contributed by atoms with van der Waals surface area (Å²) in [5, 5.41) is 2.99. The predicted molar refractivity (Wildman–Crippen MR) is 146 cm³/mol. The molecule has 1 saturated heterocycles. The first kappa shape index (κ1) is 23.6. The Bertz CT molecular complexity index is 1390. The number of anilines is 3. The number of nitrogens with zero attached hydrogens (tertiary/aromatic N) is 3. The van der Waals surface area contributed by atoms with E-state index in [4.69, 9.17) is 4.98 Å². The maximum Gasteiger partial charge on any atom is 0.255 e.